The molecule has 0 aliphatic carbocycles. The number of anilines is 1. The van der Waals surface area contributed by atoms with Gasteiger partial charge in [0.15, 0.2) is 0 Å². The van der Waals surface area contributed by atoms with Gasteiger partial charge in [0.25, 0.3) is 0 Å². The van der Waals surface area contributed by atoms with Gasteiger partial charge in [0.1, 0.15) is 5.60 Å². The van der Waals surface area contributed by atoms with Gasteiger partial charge in [-0.1, -0.05) is 0 Å². The Morgan fingerprint density at radius 3 is 2.42 bits per heavy atom. The highest BCUT2D eigenvalue weighted by Crippen LogP contribution is 2.30. The Labute approximate surface area is 156 Å². The van der Waals surface area contributed by atoms with Crippen LogP contribution in [-0.4, -0.2) is 52.2 Å². The van der Waals surface area contributed by atoms with Gasteiger partial charge in [-0.25, -0.2) is 14.8 Å². The number of hydrogen-bond donors (Lipinski definition) is 0. The van der Waals surface area contributed by atoms with Crippen LogP contribution >= 0.6 is 0 Å². The van der Waals surface area contributed by atoms with Gasteiger partial charge in [0.2, 0.25) is 5.95 Å². The normalized spacial score (nSPS) is 22.0. The molecule has 3 rings (SSSR count). The van der Waals surface area contributed by atoms with Crippen molar-refractivity contribution in [3.63, 3.8) is 0 Å². The molecule has 1 aromatic heterocycles. The van der Waals surface area contributed by atoms with E-state index in [0.29, 0.717) is 12.0 Å². The van der Waals surface area contributed by atoms with E-state index in [1.165, 1.54) is 12.8 Å². The fourth-order valence-electron chi connectivity index (χ4n) is 3.83. The summed E-state index contributed by atoms with van der Waals surface area (Å²) in [5.41, 5.74) is 1.70. The van der Waals surface area contributed by atoms with Crippen molar-refractivity contribution in [2.75, 3.05) is 24.5 Å². The number of piperidine rings is 1. The van der Waals surface area contributed by atoms with Gasteiger partial charge in [-0.3, -0.25) is 0 Å². The second-order valence-corrected chi connectivity index (χ2v) is 8.66. The summed E-state index contributed by atoms with van der Waals surface area (Å²) in [5, 5.41) is 0. The summed E-state index contributed by atoms with van der Waals surface area (Å²) in [4.78, 5) is 26.0. The highest BCUT2D eigenvalue weighted by Gasteiger charge is 2.29. The lowest BCUT2D eigenvalue weighted by molar-refractivity contribution is 0.0204. The van der Waals surface area contributed by atoms with E-state index >= 15 is 0 Å². The van der Waals surface area contributed by atoms with E-state index in [9.17, 15) is 4.79 Å². The second-order valence-electron chi connectivity index (χ2n) is 8.66. The molecule has 1 atom stereocenters. The van der Waals surface area contributed by atoms with E-state index in [4.69, 9.17) is 9.72 Å². The highest BCUT2D eigenvalue weighted by molar-refractivity contribution is 5.68. The summed E-state index contributed by atoms with van der Waals surface area (Å²) in [7, 11) is 0. The maximum Gasteiger partial charge on any atom is 0.410 e. The standard InChI is InChI=1S/C20H32N4O2/c1-14-13-17(22-18(21-14)24-10-6-7-15(24)2)16-8-11-23(12-9-16)19(25)26-20(3,4)5/h13,15-16H,6-12H2,1-5H3. The Balaban J connectivity index is 1.66. The number of rotatable bonds is 2. The average molecular weight is 361 g/mol. The predicted molar refractivity (Wildman–Crippen MR) is 103 cm³/mol. The minimum Gasteiger partial charge on any atom is -0.444 e. The zero-order chi connectivity index (χ0) is 18.9. The second kappa shape index (κ2) is 7.41. The Hall–Kier alpha value is -1.85. The largest absolute Gasteiger partial charge is 0.444 e. The topological polar surface area (TPSA) is 58.6 Å². The summed E-state index contributed by atoms with van der Waals surface area (Å²) >= 11 is 0. The predicted octanol–water partition coefficient (Wildman–Crippen LogP) is 3.89. The van der Waals surface area contributed by atoms with Crippen LogP contribution in [0.2, 0.25) is 0 Å². The Bertz CT molecular complexity index is 648. The SMILES string of the molecule is Cc1cc(C2CCN(C(=O)OC(C)(C)C)CC2)nc(N2CCCC2C)n1. The van der Waals surface area contributed by atoms with Crippen LogP contribution in [0.1, 0.15) is 70.7 Å². The van der Waals surface area contributed by atoms with Gasteiger partial charge in [-0.2, -0.15) is 0 Å². The van der Waals surface area contributed by atoms with Crippen LogP contribution in [0.3, 0.4) is 0 Å². The van der Waals surface area contributed by atoms with Crippen LogP contribution in [0.4, 0.5) is 10.7 Å². The summed E-state index contributed by atoms with van der Waals surface area (Å²) in [6.45, 7) is 12.5. The van der Waals surface area contributed by atoms with E-state index in [0.717, 1.165) is 49.8 Å². The number of nitrogens with zero attached hydrogens (tertiary/aromatic N) is 4. The molecule has 2 aliphatic rings. The van der Waals surface area contributed by atoms with Crippen molar-refractivity contribution >= 4 is 12.0 Å². The van der Waals surface area contributed by atoms with Crippen molar-refractivity contribution in [2.45, 2.75) is 77.9 Å². The molecular weight excluding hydrogens is 328 g/mol. The van der Waals surface area contributed by atoms with E-state index in [2.05, 4.69) is 22.9 Å². The van der Waals surface area contributed by atoms with E-state index in [1.807, 2.05) is 32.6 Å². The van der Waals surface area contributed by atoms with Gasteiger partial charge in [-0.15, -0.1) is 0 Å². The third kappa shape index (κ3) is 4.46. The monoisotopic (exact) mass is 360 g/mol. The molecule has 0 saturated carbocycles. The van der Waals surface area contributed by atoms with Gasteiger partial charge in [-0.05, 0) is 66.4 Å². The average Bonchev–Trinajstić information content (AvgIpc) is 2.99. The van der Waals surface area contributed by atoms with Crippen molar-refractivity contribution < 1.29 is 9.53 Å². The molecule has 144 valence electrons. The Kier molecular flexibility index (Phi) is 5.39. The van der Waals surface area contributed by atoms with Gasteiger partial charge in [0, 0.05) is 43.0 Å². The molecule has 1 aromatic rings. The molecule has 0 bridgehead atoms. The third-order valence-electron chi connectivity index (χ3n) is 5.24. The Morgan fingerprint density at radius 2 is 1.85 bits per heavy atom. The first kappa shape index (κ1) is 18.9. The molecular formula is C20H32N4O2. The molecule has 0 spiro atoms. The molecule has 0 radical (unpaired) electrons. The smallest absolute Gasteiger partial charge is 0.410 e. The van der Waals surface area contributed by atoms with Crippen molar-refractivity contribution in [1.82, 2.24) is 14.9 Å². The first-order valence-electron chi connectivity index (χ1n) is 9.83. The number of ether oxygens (including phenoxy) is 1. The van der Waals surface area contributed by atoms with Crippen molar-refractivity contribution in [3.8, 4) is 0 Å². The fourth-order valence-corrected chi connectivity index (χ4v) is 3.83. The zero-order valence-electron chi connectivity index (χ0n) is 16.8. The lowest BCUT2D eigenvalue weighted by atomic mass is 9.93. The number of carbonyl (C=O) groups is 1. The summed E-state index contributed by atoms with van der Waals surface area (Å²) in [6.07, 6.45) is 4.06. The maximum absolute atomic E-state index is 12.2. The molecule has 2 saturated heterocycles. The minimum absolute atomic E-state index is 0.207. The third-order valence-corrected chi connectivity index (χ3v) is 5.24. The van der Waals surface area contributed by atoms with Crippen LogP contribution in [0.5, 0.6) is 0 Å². The van der Waals surface area contributed by atoms with Crippen molar-refractivity contribution in [1.29, 1.82) is 0 Å². The van der Waals surface area contributed by atoms with Crippen LogP contribution in [0, 0.1) is 6.92 Å². The van der Waals surface area contributed by atoms with E-state index < -0.39 is 5.60 Å². The van der Waals surface area contributed by atoms with Crippen LogP contribution in [0.15, 0.2) is 6.07 Å². The minimum atomic E-state index is -0.445. The summed E-state index contributed by atoms with van der Waals surface area (Å²) in [5.74, 6) is 1.26. The molecule has 6 heteroatoms. The fraction of sp³-hybridized carbons (Fsp3) is 0.750. The zero-order valence-corrected chi connectivity index (χ0v) is 16.8. The molecule has 2 fully saturated rings. The van der Waals surface area contributed by atoms with Gasteiger partial charge >= 0.3 is 6.09 Å². The van der Waals surface area contributed by atoms with Crippen molar-refractivity contribution in [2.24, 2.45) is 0 Å². The number of aryl methyl sites for hydroxylation is 1. The molecule has 2 aliphatic heterocycles. The molecule has 3 heterocycles. The van der Waals surface area contributed by atoms with Gasteiger partial charge < -0.3 is 14.5 Å². The molecule has 6 nitrogen and oxygen atoms in total. The number of carbonyl (C=O) groups excluding carboxylic acids is 1. The summed E-state index contributed by atoms with van der Waals surface area (Å²) < 4.78 is 5.49. The quantitative estimate of drug-likeness (QED) is 0.801. The van der Waals surface area contributed by atoms with Crippen molar-refractivity contribution in [3.05, 3.63) is 17.5 Å². The van der Waals surface area contributed by atoms with Crippen LogP contribution in [0.25, 0.3) is 0 Å². The van der Waals surface area contributed by atoms with Crippen LogP contribution in [-0.2, 0) is 4.74 Å². The summed E-state index contributed by atoms with van der Waals surface area (Å²) in [6, 6.07) is 2.62. The number of aromatic nitrogens is 2. The molecule has 1 unspecified atom stereocenters. The molecule has 0 aromatic carbocycles. The molecule has 0 N–H and O–H groups in total. The lowest BCUT2D eigenvalue weighted by Gasteiger charge is -2.33. The first-order chi connectivity index (χ1) is 12.2. The maximum atomic E-state index is 12.2. The first-order valence-corrected chi connectivity index (χ1v) is 9.83. The number of hydrogen-bond acceptors (Lipinski definition) is 5. The lowest BCUT2D eigenvalue weighted by Crippen LogP contribution is -2.41. The highest BCUT2D eigenvalue weighted by atomic mass is 16.6. The Morgan fingerprint density at radius 1 is 1.15 bits per heavy atom. The number of likely N-dealkylation sites (tertiary alicyclic amines) is 1. The molecule has 1 amide bonds. The van der Waals surface area contributed by atoms with Crippen LogP contribution < -0.4 is 4.90 Å². The van der Waals surface area contributed by atoms with E-state index in [1.54, 1.807) is 0 Å². The van der Waals surface area contributed by atoms with Gasteiger partial charge in [0.05, 0.1) is 0 Å². The van der Waals surface area contributed by atoms with E-state index in [-0.39, 0.29) is 6.09 Å². The number of amides is 1. The molecule has 26 heavy (non-hydrogen) atoms.